The average molecular weight is 392 g/mol. The fourth-order valence-electron chi connectivity index (χ4n) is 3.43. The van der Waals surface area contributed by atoms with Crippen molar-refractivity contribution in [2.75, 3.05) is 36.4 Å². The van der Waals surface area contributed by atoms with Crippen LogP contribution in [-0.2, 0) is 0 Å². The highest BCUT2D eigenvalue weighted by Gasteiger charge is 2.25. The van der Waals surface area contributed by atoms with Crippen LogP contribution in [0.5, 0.6) is 0 Å². The summed E-state index contributed by atoms with van der Waals surface area (Å²) in [4.78, 5) is 21.1. The zero-order valence-corrected chi connectivity index (χ0v) is 15.9. The van der Waals surface area contributed by atoms with Gasteiger partial charge in [-0.3, -0.25) is 9.89 Å². The highest BCUT2D eigenvalue weighted by Crippen LogP contribution is 2.23. The summed E-state index contributed by atoms with van der Waals surface area (Å²) in [5.41, 5.74) is 2.40. The van der Waals surface area contributed by atoms with Crippen molar-refractivity contribution in [2.45, 2.75) is 6.92 Å². The van der Waals surface area contributed by atoms with E-state index in [1.807, 2.05) is 36.2 Å². The summed E-state index contributed by atoms with van der Waals surface area (Å²) in [6.07, 6.45) is 4.88. The zero-order valence-electron chi connectivity index (χ0n) is 15.9. The average Bonchev–Trinajstić information content (AvgIpc) is 3.49. The first-order chi connectivity index (χ1) is 14.2. The van der Waals surface area contributed by atoms with Crippen molar-refractivity contribution in [3.05, 3.63) is 54.2 Å². The highest BCUT2D eigenvalue weighted by molar-refractivity contribution is 5.94. The van der Waals surface area contributed by atoms with Gasteiger partial charge in [-0.2, -0.15) is 10.1 Å². The molecule has 5 rings (SSSR count). The third-order valence-electron chi connectivity index (χ3n) is 4.95. The van der Waals surface area contributed by atoms with Gasteiger partial charge < -0.3 is 19.5 Å². The number of aromatic nitrogens is 5. The molecule has 1 aliphatic heterocycles. The van der Waals surface area contributed by atoms with Gasteiger partial charge in [0.2, 0.25) is 5.95 Å². The second-order valence-electron chi connectivity index (χ2n) is 6.95. The van der Waals surface area contributed by atoms with Crippen LogP contribution in [0, 0.1) is 6.92 Å². The first kappa shape index (κ1) is 17.3. The second kappa shape index (κ2) is 6.97. The number of hydrogen-bond acceptors (Lipinski definition) is 7. The molecule has 1 saturated heterocycles. The molecule has 0 saturated carbocycles. The summed E-state index contributed by atoms with van der Waals surface area (Å²) >= 11 is 0. The lowest BCUT2D eigenvalue weighted by Crippen LogP contribution is -2.49. The molecule has 10 heteroatoms. The SMILES string of the molecule is Cc1cc(Nc2nc(N3CCN(C(=O)c4ccoc4)CC3)nn3cccc23)n[nH]1. The predicted molar refractivity (Wildman–Crippen MR) is 106 cm³/mol. The maximum Gasteiger partial charge on any atom is 0.257 e. The molecule has 0 aromatic carbocycles. The van der Waals surface area contributed by atoms with Gasteiger partial charge in [-0.25, -0.2) is 4.52 Å². The quantitative estimate of drug-likeness (QED) is 0.547. The molecule has 0 atom stereocenters. The number of rotatable bonds is 4. The lowest BCUT2D eigenvalue weighted by molar-refractivity contribution is 0.0745. The van der Waals surface area contributed by atoms with E-state index < -0.39 is 0 Å². The first-order valence-corrected chi connectivity index (χ1v) is 9.38. The van der Waals surface area contributed by atoms with Gasteiger partial charge in [0.1, 0.15) is 11.8 Å². The predicted octanol–water partition coefficient (Wildman–Crippen LogP) is 2.06. The Balaban J connectivity index is 1.36. The third kappa shape index (κ3) is 3.28. The van der Waals surface area contributed by atoms with Crippen LogP contribution in [0.3, 0.4) is 0 Å². The number of furan rings is 1. The number of nitrogens with zero attached hydrogens (tertiary/aromatic N) is 6. The van der Waals surface area contributed by atoms with Crippen molar-refractivity contribution >= 4 is 29.0 Å². The normalized spacial score (nSPS) is 14.5. The molecule has 0 radical (unpaired) electrons. The largest absolute Gasteiger partial charge is 0.472 e. The molecule has 0 spiro atoms. The molecule has 0 aliphatic carbocycles. The molecular weight excluding hydrogens is 372 g/mol. The molecule has 148 valence electrons. The zero-order chi connectivity index (χ0) is 19.8. The van der Waals surface area contributed by atoms with E-state index in [9.17, 15) is 4.79 Å². The molecular formula is C19H20N8O2. The van der Waals surface area contributed by atoms with Crippen LogP contribution in [0.15, 0.2) is 47.4 Å². The highest BCUT2D eigenvalue weighted by atomic mass is 16.3. The minimum atomic E-state index is -0.0172. The smallest absolute Gasteiger partial charge is 0.257 e. The Morgan fingerprint density at radius 1 is 1.24 bits per heavy atom. The van der Waals surface area contributed by atoms with Gasteiger partial charge >= 0.3 is 0 Å². The van der Waals surface area contributed by atoms with E-state index in [1.165, 1.54) is 12.5 Å². The minimum Gasteiger partial charge on any atom is -0.472 e. The molecule has 1 fully saturated rings. The van der Waals surface area contributed by atoms with Crippen LogP contribution in [0.25, 0.3) is 5.52 Å². The van der Waals surface area contributed by atoms with Crippen LogP contribution in [0.1, 0.15) is 16.1 Å². The summed E-state index contributed by atoms with van der Waals surface area (Å²) in [7, 11) is 0. The summed E-state index contributed by atoms with van der Waals surface area (Å²) in [5.74, 6) is 1.98. The number of nitrogens with one attached hydrogen (secondary N) is 2. The summed E-state index contributed by atoms with van der Waals surface area (Å²) < 4.78 is 6.82. The van der Waals surface area contributed by atoms with Crippen LogP contribution in [0.4, 0.5) is 17.6 Å². The Hall–Kier alpha value is -3.82. The van der Waals surface area contributed by atoms with Gasteiger partial charge in [0, 0.05) is 44.1 Å². The van der Waals surface area contributed by atoms with Crippen LogP contribution in [-0.4, -0.2) is 61.8 Å². The number of carbonyl (C=O) groups excluding carboxylic acids is 1. The third-order valence-corrected chi connectivity index (χ3v) is 4.95. The van der Waals surface area contributed by atoms with Gasteiger partial charge in [-0.1, -0.05) is 0 Å². The summed E-state index contributed by atoms with van der Waals surface area (Å²) in [5, 5.41) is 15.0. The summed E-state index contributed by atoms with van der Waals surface area (Å²) in [6, 6.07) is 7.48. The Labute approximate surface area is 166 Å². The molecule has 5 heterocycles. The molecule has 1 amide bonds. The van der Waals surface area contributed by atoms with E-state index in [0.29, 0.717) is 49.3 Å². The molecule has 4 aromatic heterocycles. The number of H-pyrrole nitrogens is 1. The van der Waals surface area contributed by atoms with Gasteiger partial charge in [0.25, 0.3) is 5.91 Å². The maximum absolute atomic E-state index is 12.5. The monoisotopic (exact) mass is 392 g/mol. The number of aryl methyl sites for hydroxylation is 1. The lowest BCUT2D eigenvalue weighted by Gasteiger charge is -2.34. The van der Waals surface area contributed by atoms with Crippen LogP contribution in [0.2, 0.25) is 0 Å². The Morgan fingerprint density at radius 2 is 2.10 bits per heavy atom. The number of carbonyl (C=O) groups is 1. The molecule has 0 bridgehead atoms. The minimum absolute atomic E-state index is 0.0172. The fourth-order valence-corrected chi connectivity index (χ4v) is 3.43. The lowest BCUT2D eigenvalue weighted by atomic mass is 10.2. The first-order valence-electron chi connectivity index (χ1n) is 9.38. The van der Waals surface area contributed by atoms with Crippen molar-refractivity contribution in [1.29, 1.82) is 0 Å². The molecule has 4 aromatic rings. The Morgan fingerprint density at radius 3 is 2.83 bits per heavy atom. The van der Waals surface area contributed by atoms with Crippen molar-refractivity contribution in [2.24, 2.45) is 0 Å². The van der Waals surface area contributed by atoms with E-state index in [1.54, 1.807) is 10.6 Å². The van der Waals surface area contributed by atoms with Gasteiger partial charge in [-0.05, 0) is 25.1 Å². The Bertz CT molecular complexity index is 1140. The number of hydrogen-bond donors (Lipinski definition) is 2. The number of anilines is 3. The van der Waals surface area contributed by atoms with E-state index >= 15 is 0 Å². The van der Waals surface area contributed by atoms with Gasteiger partial charge in [0.05, 0.1) is 11.8 Å². The number of fused-ring (bicyclic) bond motifs is 1. The Kier molecular flexibility index (Phi) is 4.15. The van der Waals surface area contributed by atoms with Gasteiger partial charge in [0.15, 0.2) is 11.6 Å². The van der Waals surface area contributed by atoms with Crippen molar-refractivity contribution in [3.8, 4) is 0 Å². The van der Waals surface area contributed by atoms with Crippen LogP contribution >= 0.6 is 0 Å². The van der Waals surface area contributed by atoms with Gasteiger partial charge in [-0.15, -0.1) is 5.10 Å². The van der Waals surface area contributed by atoms with E-state index in [2.05, 4.69) is 25.5 Å². The molecule has 2 N–H and O–H groups in total. The van der Waals surface area contributed by atoms with Crippen molar-refractivity contribution in [1.82, 2.24) is 29.7 Å². The number of piperazine rings is 1. The van der Waals surface area contributed by atoms with Crippen molar-refractivity contribution in [3.63, 3.8) is 0 Å². The molecule has 1 aliphatic rings. The topological polar surface area (TPSA) is 108 Å². The maximum atomic E-state index is 12.5. The fraction of sp³-hybridized carbons (Fsp3) is 0.263. The van der Waals surface area contributed by atoms with E-state index in [-0.39, 0.29) is 5.91 Å². The van der Waals surface area contributed by atoms with E-state index in [0.717, 1.165) is 11.2 Å². The number of amides is 1. The standard InChI is InChI=1S/C19H20N8O2/c1-13-11-16(23-22-13)20-17-15-3-2-5-27(15)24-19(21-17)26-8-6-25(7-9-26)18(28)14-4-10-29-12-14/h2-5,10-12H,6-9H2,1H3,(H2,20,21,22,23,24). The second-order valence-corrected chi connectivity index (χ2v) is 6.95. The molecule has 10 nitrogen and oxygen atoms in total. The number of aromatic amines is 1. The summed E-state index contributed by atoms with van der Waals surface area (Å²) in [6.45, 7) is 4.44. The van der Waals surface area contributed by atoms with Crippen LogP contribution < -0.4 is 10.2 Å². The van der Waals surface area contributed by atoms with Crippen molar-refractivity contribution < 1.29 is 9.21 Å². The molecule has 29 heavy (non-hydrogen) atoms. The van der Waals surface area contributed by atoms with E-state index in [4.69, 9.17) is 9.40 Å². The molecule has 0 unspecified atom stereocenters.